The van der Waals surface area contributed by atoms with Gasteiger partial charge in [-0.25, -0.2) is 0 Å². The molecule has 1 aromatic carbocycles. The van der Waals surface area contributed by atoms with Gasteiger partial charge in [0.15, 0.2) is 0 Å². The summed E-state index contributed by atoms with van der Waals surface area (Å²) in [4.78, 5) is 14.7. The maximum atomic E-state index is 12.7. The molecule has 1 aromatic rings. The van der Waals surface area contributed by atoms with E-state index in [0.717, 1.165) is 24.3 Å². The van der Waals surface area contributed by atoms with Crippen LogP contribution in [0.5, 0.6) is 0 Å². The third kappa shape index (κ3) is 3.14. The Bertz CT molecular complexity index is 455. The number of carbonyl (C=O) groups excluding carboxylic acids is 1. The van der Waals surface area contributed by atoms with Gasteiger partial charge in [0.05, 0.1) is 0 Å². The minimum atomic E-state index is 0.166. The topological polar surface area (TPSA) is 32.3 Å². The molecule has 0 saturated carbocycles. The third-order valence-corrected chi connectivity index (χ3v) is 4.37. The molecule has 1 saturated heterocycles. The average molecular weight is 274 g/mol. The fourth-order valence-electron chi connectivity index (χ4n) is 3.08. The van der Waals surface area contributed by atoms with Gasteiger partial charge in [0.25, 0.3) is 5.91 Å². The zero-order valence-electron chi connectivity index (χ0n) is 13.0. The van der Waals surface area contributed by atoms with Crippen LogP contribution in [0, 0.1) is 11.8 Å². The van der Waals surface area contributed by atoms with Crippen molar-refractivity contribution in [3.05, 3.63) is 29.8 Å². The van der Waals surface area contributed by atoms with E-state index in [1.165, 1.54) is 6.42 Å². The molecule has 0 bridgehead atoms. The first-order chi connectivity index (χ1) is 9.52. The first-order valence-electron chi connectivity index (χ1n) is 7.67. The molecule has 2 rings (SSSR count). The molecule has 110 valence electrons. The number of nitrogens with zero attached hydrogens (tertiary/aromatic N) is 1. The number of likely N-dealkylation sites (tertiary alicyclic amines) is 1. The minimum Gasteiger partial charge on any atom is -0.385 e. The molecular formula is C17H26N2O. The van der Waals surface area contributed by atoms with Crippen molar-refractivity contribution in [3.63, 3.8) is 0 Å². The van der Waals surface area contributed by atoms with Gasteiger partial charge < -0.3 is 10.2 Å². The summed E-state index contributed by atoms with van der Waals surface area (Å²) >= 11 is 0. The molecule has 3 atom stereocenters. The first kappa shape index (κ1) is 14.9. The lowest BCUT2D eigenvalue weighted by atomic mass is 9.85. The molecule has 1 aliphatic rings. The molecule has 1 aliphatic heterocycles. The highest BCUT2D eigenvalue weighted by atomic mass is 16.2. The minimum absolute atomic E-state index is 0.166. The molecule has 1 amide bonds. The quantitative estimate of drug-likeness (QED) is 0.913. The summed E-state index contributed by atoms with van der Waals surface area (Å²) in [6.45, 7) is 10.5. The lowest BCUT2D eigenvalue weighted by Crippen LogP contribution is -2.48. The Hall–Kier alpha value is -1.51. The van der Waals surface area contributed by atoms with Gasteiger partial charge in [0.2, 0.25) is 0 Å². The summed E-state index contributed by atoms with van der Waals surface area (Å²) in [5.74, 6) is 1.33. The van der Waals surface area contributed by atoms with Crippen molar-refractivity contribution in [3.8, 4) is 0 Å². The van der Waals surface area contributed by atoms with Crippen LogP contribution in [0.4, 0.5) is 5.69 Å². The number of nitrogens with one attached hydrogen (secondary N) is 1. The molecular weight excluding hydrogens is 248 g/mol. The van der Waals surface area contributed by atoms with Crippen molar-refractivity contribution >= 4 is 11.6 Å². The second kappa shape index (κ2) is 6.29. The number of hydrogen-bond donors (Lipinski definition) is 1. The second-order valence-corrected chi connectivity index (χ2v) is 6.12. The van der Waals surface area contributed by atoms with Crippen molar-refractivity contribution in [2.75, 3.05) is 18.4 Å². The summed E-state index contributed by atoms with van der Waals surface area (Å²) < 4.78 is 0. The molecule has 1 heterocycles. The lowest BCUT2D eigenvalue weighted by molar-refractivity contribution is 0.0456. The zero-order chi connectivity index (χ0) is 14.7. The fraction of sp³-hybridized carbons (Fsp3) is 0.588. The highest BCUT2D eigenvalue weighted by Crippen LogP contribution is 2.28. The Morgan fingerprint density at radius 1 is 1.25 bits per heavy atom. The third-order valence-electron chi connectivity index (χ3n) is 4.37. The van der Waals surface area contributed by atoms with E-state index in [2.05, 4.69) is 33.0 Å². The van der Waals surface area contributed by atoms with E-state index in [9.17, 15) is 4.79 Å². The van der Waals surface area contributed by atoms with Crippen LogP contribution in [0.15, 0.2) is 24.3 Å². The largest absolute Gasteiger partial charge is 0.385 e. The maximum absolute atomic E-state index is 12.7. The van der Waals surface area contributed by atoms with Crippen molar-refractivity contribution in [2.24, 2.45) is 11.8 Å². The monoisotopic (exact) mass is 274 g/mol. The first-order valence-corrected chi connectivity index (χ1v) is 7.67. The van der Waals surface area contributed by atoms with Crippen LogP contribution in [0.2, 0.25) is 0 Å². The molecule has 3 unspecified atom stereocenters. The predicted molar refractivity (Wildman–Crippen MR) is 84.0 cm³/mol. The normalized spacial score (nSPS) is 26.4. The highest BCUT2D eigenvalue weighted by molar-refractivity contribution is 5.94. The van der Waals surface area contributed by atoms with Crippen molar-refractivity contribution in [1.29, 1.82) is 0 Å². The van der Waals surface area contributed by atoms with Gasteiger partial charge in [0, 0.05) is 30.4 Å². The van der Waals surface area contributed by atoms with E-state index in [1.54, 1.807) is 0 Å². The summed E-state index contributed by atoms with van der Waals surface area (Å²) in [5.41, 5.74) is 1.86. The number of amides is 1. The molecule has 20 heavy (non-hydrogen) atoms. The number of benzene rings is 1. The molecule has 0 aromatic heterocycles. The van der Waals surface area contributed by atoms with Crippen LogP contribution in [-0.4, -0.2) is 29.9 Å². The summed E-state index contributed by atoms with van der Waals surface area (Å²) in [6, 6.07) is 8.15. The Kier molecular flexibility index (Phi) is 4.69. The Morgan fingerprint density at radius 3 is 2.50 bits per heavy atom. The lowest BCUT2D eigenvalue weighted by Gasteiger charge is -2.41. The van der Waals surface area contributed by atoms with Gasteiger partial charge in [-0.1, -0.05) is 13.8 Å². The average Bonchev–Trinajstić information content (AvgIpc) is 2.43. The summed E-state index contributed by atoms with van der Waals surface area (Å²) in [7, 11) is 0. The molecule has 0 spiro atoms. The summed E-state index contributed by atoms with van der Waals surface area (Å²) in [6.07, 6.45) is 1.21. The van der Waals surface area contributed by atoms with E-state index in [0.29, 0.717) is 17.9 Å². The fourth-order valence-corrected chi connectivity index (χ4v) is 3.08. The van der Waals surface area contributed by atoms with Gasteiger partial charge in [-0.15, -0.1) is 0 Å². The molecule has 0 radical (unpaired) electrons. The van der Waals surface area contributed by atoms with Gasteiger partial charge >= 0.3 is 0 Å². The number of rotatable bonds is 3. The number of piperidine rings is 1. The van der Waals surface area contributed by atoms with Gasteiger partial charge in [-0.05, 0) is 56.4 Å². The molecule has 1 fully saturated rings. The SMILES string of the molecule is CCNc1ccc(C(=O)N2CC(C)CC(C)C2C)cc1. The highest BCUT2D eigenvalue weighted by Gasteiger charge is 2.32. The van der Waals surface area contributed by atoms with Gasteiger partial charge in [-0.3, -0.25) is 4.79 Å². The van der Waals surface area contributed by atoms with E-state index in [-0.39, 0.29) is 5.91 Å². The van der Waals surface area contributed by atoms with Crippen LogP contribution in [0.1, 0.15) is 44.5 Å². The Morgan fingerprint density at radius 2 is 1.90 bits per heavy atom. The van der Waals surface area contributed by atoms with E-state index in [4.69, 9.17) is 0 Å². The van der Waals surface area contributed by atoms with Crippen molar-refractivity contribution in [1.82, 2.24) is 4.90 Å². The van der Waals surface area contributed by atoms with Gasteiger partial charge in [-0.2, -0.15) is 0 Å². The van der Waals surface area contributed by atoms with Crippen LogP contribution in [-0.2, 0) is 0 Å². The molecule has 3 heteroatoms. The number of anilines is 1. The van der Waals surface area contributed by atoms with Gasteiger partial charge in [0.1, 0.15) is 0 Å². The Labute approximate surface area is 122 Å². The summed E-state index contributed by atoms with van der Waals surface area (Å²) in [5, 5.41) is 3.25. The standard InChI is InChI=1S/C17H26N2O/c1-5-18-16-8-6-15(7-9-16)17(20)19-11-12(2)10-13(3)14(19)4/h6-9,12-14,18H,5,10-11H2,1-4H3. The molecule has 3 nitrogen and oxygen atoms in total. The maximum Gasteiger partial charge on any atom is 0.254 e. The predicted octanol–water partition coefficient (Wildman–Crippen LogP) is 3.63. The number of carbonyl (C=O) groups is 1. The van der Waals surface area contributed by atoms with E-state index >= 15 is 0 Å². The van der Waals surface area contributed by atoms with Crippen LogP contribution in [0.25, 0.3) is 0 Å². The second-order valence-electron chi connectivity index (χ2n) is 6.12. The van der Waals surface area contributed by atoms with E-state index in [1.807, 2.05) is 29.2 Å². The number of hydrogen-bond acceptors (Lipinski definition) is 2. The van der Waals surface area contributed by atoms with Crippen LogP contribution in [0.3, 0.4) is 0 Å². The molecule has 1 N–H and O–H groups in total. The smallest absolute Gasteiger partial charge is 0.254 e. The molecule has 0 aliphatic carbocycles. The van der Waals surface area contributed by atoms with E-state index < -0.39 is 0 Å². The zero-order valence-corrected chi connectivity index (χ0v) is 13.0. The van der Waals surface area contributed by atoms with Crippen molar-refractivity contribution in [2.45, 2.75) is 40.2 Å². The van der Waals surface area contributed by atoms with Crippen LogP contribution >= 0.6 is 0 Å². The van der Waals surface area contributed by atoms with Crippen LogP contribution < -0.4 is 5.32 Å². The Balaban J connectivity index is 2.13. The van der Waals surface area contributed by atoms with Crippen molar-refractivity contribution < 1.29 is 4.79 Å².